The van der Waals surface area contributed by atoms with E-state index in [1.54, 1.807) is 6.07 Å². The molecule has 5 nitrogen and oxygen atoms in total. The van der Waals surface area contributed by atoms with Crippen LogP contribution in [0.2, 0.25) is 0 Å². The normalized spacial score (nSPS) is 10.3. The summed E-state index contributed by atoms with van der Waals surface area (Å²) in [7, 11) is 2.11. The van der Waals surface area contributed by atoms with E-state index in [1.165, 1.54) is 11.8 Å². The molecule has 0 aliphatic carbocycles. The highest BCUT2D eigenvalue weighted by Gasteiger charge is 2.03. The van der Waals surface area contributed by atoms with E-state index in [1.807, 2.05) is 6.07 Å². The van der Waals surface area contributed by atoms with Crippen LogP contribution in [0.3, 0.4) is 0 Å². The third kappa shape index (κ3) is 4.86. The molecule has 21 heavy (non-hydrogen) atoms. The number of anilines is 1. The Morgan fingerprint density at radius 1 is 1.24 bits per heavy atom. The third-order valence-electron chi connectivity index (χ3n) is 3.15. The standard InChI is InChI=1S/C16H19N5/c1-21(13-14-6-3-2-4-7-14)11-5-9-18-16-15(12-17)8-10-19-20-16/h2-4,6-8,10H,5,9,11,13H2,1H3,(H,18,20). The Labute approximate surface area is 125 Å². The molecule has 2 aromatic rings. The number of nitriles is 1. The van der Waals surface area contributed by atoms with Gasteiger partial charge in [0.1, 0.15) is 6.07 Å². The van der Waals surface area contributed by atoms with Gasteiger partial charge in [-0.1, -0.05) is 30.3 Å². The molecule has 5 heteroatoms. The number of nitrogens with one attached hydrogen (secondary N) is 1. The van der Waals surface area contributed by atoms with Crippen molar-refractivity contribution in [1.29, 1.82) is 5.26 Å². The molecule has 0 saturated carbocycles. The van der Waals surface area contributed by atoms with Crippen LogP contribution in [-0.2, 0) is 6.54 Å². The molecule has 108 valence electrons. The number of aromatic nitrogens is 2. The Kier molecular flexibility index (Phi) is 5.68. The molecule has 0 saturated heterocycles. The smallest absolute Gasteiger partial charge is 0.166 e. The zero-order chi connectivity index (χ0) is 14.9. The largest absolute Gasteiger partial charge is 0.367 e. The van der Waals surface area contributed by atoms with E-state index < -0.39 is 0 Å². The van der Waals surface area contributed by atoms with Crippen LogP contribution in [-0.4, -0.2) is 35.2 Å². The van der Waals surface area contributed by atoms with Crippen molar-refractivity contribution in [3.8, 4) is 6.07 Å². The first-order valence-corrected chi connectivity index (χ1v) is 6.97. The molecule has 0 aliphatic heterocycles. The topological polar surface area (TPSA) is 64.8 Å². The molecule has 0 bridgehead atoms. The maximum absolute atomic E-state index is 8.96. The molecule has 1 N–H and O–H groups in total. The molecule has 0 radical (unpaired) electrons. The number of nitrogens with zero attached hydrogens (tertiary/aromatic N) is 4. The first kappa shape index (κ1) is 14.9. The van der Waals surface area contributed by atoms with Gasteiger partial charge in [-0.15, -0.1) is 5.10 Å². The van der Waals surface area contributed by atoms with Crippen molar-refractivity contribution in [2.24, 2.45) is 0 Å². The predicted octanol–water partition coefficient (Wildman–Crippen LogP) is 2.28. The van der Waals surface area contributed by atoms with Gasteiger partial charge in [0.25, 0.3) is 0 Å². The molecule has 0 amide bonds. The van der Waals surface area contributed by atoms with E-state index in [0.29, 0.717) is 11.4 Å². The minimum atomic E-state index is 0.530. The summed E-state index contributed by atoms with van der Waals surface area (Å²) in [4.78, 5) is 2.28. The van der Waals surface area contributed by atoms with Gasteiger partial charge in [-0.3, -0.25) is 0 Å². The highest BCUT2D eigenvalue weighted by molar-refractivity contribution is 5.49. The summed E-state index contributed by atoms with van der Waals surface area (Å²) < 4.78 is 0. The van der Waals surface area contributed by atoms with Crippen molar-refractivity contribution in [2.45, 2.75) is 13.0 Å². The number of hydrogen-bond donors (Lipinski definition) is 1. The molecule has 1 heterocycles. The summed E-state index contributed by atoms with van der Waals surface area (Å²) in [5, 5.41) is 19.8. The summed E-state index contributed by atoms with van der Waals surface area (Å²) in [6.07, 6.45) is 2.50. The predicted molar refractivity (Wildman–Crippen MR) is 82.6 cm³/mol. The van der Waals surface area contributed by atoms with Gasteiger partial charge in [0.15, 0.2) is 5.82 Å². The van der Waals surface area contributed by atoms with Gasteiger partial charge in [0.2, 0.25) is 0 Å². The fraction of sp³-hybridized carbons (Fsp3) is 0.312. The molecule has 0 unspecified atom stereocenters. The van der Waals surface area contributed by atoms with Crippen LogP contribution in [0.1, 0.15) is 17.5 Å². The van der Waals surface area contributed by atoms with E-state index in [2.05, 4.69) is 57.8 Å². The Hall–Kier alpha value is -2.45. The van der Waals surface area contributed by atoms with Gasteiger partial charge < -0.3 is 10.2 Å². The van der Waals surface area contributed by atoms with Gasteiger partial charge in [0.05, 0.1) is 11.8 Å². The van der Waals surface area contributed by atoms with Crippen molar-refractivity contribution < 1.29 is 0 Å². The van der Waals surface area contributed by atoms with Gasteiger partial charge >= 0.3 is 0 Å². The highest BCUT2D eigenvalue weighted by atomic mass is 15.2. The fourth-order valence-corrected chi connectivity index (χ4v) is 2.08. The quantitative estimate of drug-likeness (QED) is 0.789. The van der Waals surface area contributed by atoms with Crippen molar-refractivity contribution in [2.75, 3.05) is 25.5 Å². The van der Waals surface area contributed by atoms with E-state index in [0.717, 1.165) is 26.1 Å². The van der Waals surface area contributed by atoms with E-state index in [4.69, 9.17) is 5.26 Å². The van der Waals surface area contributed by atoms with Gasteiger partial charge in [-0.05, 0) is 31.6 Å². The summed E-state index contributed by atoms with van der Waals surface area (Å²) in [6.45, 7) is 2.69. The van der Waals surface area contributed by atoms with Crippen LogP contribution in [0, 0.1) is 11.3 Å². The maximum atomic E-state index is 8.96. The first-order chi connectivity index (χ1) is 10.3. The van der Waals surface area contributed by atoms with Crippen molar-refractivity contribution in [1.82, 2.24) is 15.1 Å². The molecule has 2 rings (SSSR count). The summed E-state index contributed by atoms with van der Waals surface area (Å²) in [5.74, 6) is 0.561. The molecule has 0 atom stereocenters. The van der Waals surface area contributed by atoms with Crippen LogP contribution in [0.4, 0.5) is 5.82 Å². The minimum absolute atomic E-state index is 0.530. The first-order valence-electron chi connectivity index (χ1n) is 6.97. The van der Waals surface area contributed by atoms with Crippen LogP contribution in [0.15, 0.2) is 42.6 Å². The Morgan fingerprint density at radius 2 is 2.05 bits per heavy atom. The van der Waals surface area contributed by atoms with Crippen molar-refractivity contribution >= 4 is 5.82 Å². The van der Waals surface area contributed by atoms with Gasteiger partial charge in [-0.2, -0.15) is 10.4 Å². The van der Waals surface area contributed by atoms with Crippen LogP contribution >= 0.6 is 0 Å². The fourth-order valence-electron chi connectivity index (χ4n) is 2.08. The maximum Gasteiger partial charge on any atom is 0.166 e. The second kappa shape index (κ2) is 7.98. The lowest BCUT2D eigenvalue weighted by Crippen LogP contribution is -2.21. The molecule has 0 spiro atoms. The van der Waals surface area contributed by atoms with Gasteiger partial charge in [-0.25, -0.2) is 0 Å². The molecular weight excluding hydrogens is 262 g/mol. The van der Waals surface area contributed by atoms with Crippen LogP contribution < -0.4 is 5.32 Å². The molecule has 1 aromatic carbocycles. The zero-order valence-electron chi connectivity index (χ0n) is 12.2. The summed E-state index contributed by atoms with van der Waals surface area (Å²) in [5.41, 5.74) is 1.84. The highest BCUT2D eigenvalue weighted by Crippen LogP contribution is 2.08. The summed E-state index contributed by atoms with van der Waals surface area (Å²) >= 11 is 0. The van der Waals surface area contributed by atoms with E-state index >= 15 is 0 Å². The Balaban J connectivity index is 1.71. The molecule has 1 aromatic heterocycles. The average Bonchev–Trinajstić information content (AvgIpc) is 2.53. The molecular formula is C16H19N5. The second-order valence-corrected chi connectivity index (χ2v) is 4.91. The SMILES string of the molecule is CN(CCCNc1nnccc1C#N)Cc1ccccc1. The zero-order valence-corrected chi connectivity index (χ0v) is 12.2. The minimum Gasteiger partial charge on any atom is -0.367 e. The van der Waals surface area contributed by atoms with E-state index in [-0.39, 0.29) is 0 Å². The van der Waals surface area contributed by atoms with Crippen molar-refractivity contribution in [3.05, 3.63) is 53.7 Å². The molecule has 0 fully saturated rings. The molecule has 0 aliphatic rings. The number of benzene rings is 1. The van der Waals surface area contributed by atoms with Crippen LogP contribution in [0.25, 0.3) is 0 Å². The average molecular weight is 281 g/mol. The van der Waals surface area contributed by atoms with Crippen LogP contribution in [0.5, 0.6) is 0 Å². The Morgan fingerprint density at radius 3 is 2.81 bits per heavy atom. The monoisotopic (exact) mass is 281 g/mol. The van der Waals surface area contributed by atoms with Gasteiger partial charge in [0, 0.05) is 13.1 Å². The number of rotatable bonds is 7. The lowest BCUT2D eigenvalue weighted by molar-refractivity contribution is 0.325. The van der Waals surface area contributed by atoms with Crippen molar-refractivity contribution in [3.63, 3.8) is 0 Å². The Bertz CT molecular complexity index is 591. The second-order valence-electron chi connectivity index (χ2n) is 4.91. The number of hydrogen-bond acceptors (Lipinski definition) is 5. The summed E-state index contributed by atoms with van der Waals surface area (Å²) in [6, 6.07) is 14.2. The third-order valence-corrected chi connectivity index (χ3v) is 3.15. The lowest BCUT2D eigenvalue weighted by atomic mass is 10.2. The van der Waals surface area contributed by atoms with E-state index in [9.17, 15) is 0 Å². The lowest BCUT2D eigenvalue weighted by Gasteiger charge is -2.16.